The normalized spacial score (nSPS) is 10.9. The summed E-state index contributed by atoms with van der Waals surface area (Å²) in [6.07, 6.45) is 3.79. The fourth-order valence-corrected chi connectivity index (χ4v) is 1.87. The van der Waals surface area contributed by atoms with E-state index in [0.717, 1.165) is 35.5 Å². The van der Waals surface area contributed by atoms with Crippen molar-refractivity contribution in [2.24, 2.45) is 7.05 Å². The molecule has 0 amide bonds. The molecule has 0 aliphatic carbocycles. The van der Waals surface area contributed by atoms with E-state index in [2.05, 4.69) is 22.2 Å². The predicted molar refractivity (Wildman–Crippen MR) is 66.5 cm³/mol. The van der Waals surface area contributed by atoms with Gasteiger partial charge in [0.2, 0.25) is 0 Å². The van der Waals surface area contributed by atoms with Gasteiger partial charge in [-0.1, -0.05) is 6.92 Å². The van der Waals surface area contributed by atoms with Crippen molar-refractivity contribution in [1.82, 2.24) is 14.5 Å². The first kappa shape index (κ1) is 10.7. The van der Waals surface area contributed by atoms with Crippen LogP contribution in [0.4, 0.5) is 11.5 Å². The standard InChI is InChI=1S/C11H17N5/c1-4-5-8-14-10(13-2)9-7(12)6-16(3)11(9)15-8/h6H,4-5,12H2,1-3H3,(H,13,14,15). The van der Waals surface area contributed by atoms with E-state index in [0.29, 0.717) is 5.69 Å². The van der Waals surface area contributed by atoms with Gasteiger partial charge in [0.05, 0.1) is 11.1 Å². The molecule has 86 valence electrons. The molecule has 0 unspecified atom stereocenters. The third-order valence-electron chi connectivity index (χ3n) is 2.60. The molecule has 5 nitrogen and oxygen atoms in total. The lowest BCUT2D eigenvalue weighted by Crippen LogP contribution is -2.02. The molecule has 2 aromatic heterocycles. The van der Waals surface area contributed by atoms with Gasteiger partial charge in [0.15, 0.2) is 0 Å². The number of nitrogens with one attached hydrogen (secondary N) is 1. The van der Waals surface area contributed by atoms with Crippen LogP contribution in [0.15, 0.2) is 6.20 Å². The molecule has 3 N–H and O–H groups in total. The van der Waals surface area contributed by atoms with Crippen molar-refractivity contribution in [3.8, 4) is 0 Å². The number of aryl methyl sites for hydroxylation is 2. The van der Waals surface area contributed by atoms with Crippen molar-refractivity contribution >= 4 is 22.5 Å². The fourth-order valence-electron chi connectivity index (χ4n) is 1.87. The van der Waals surface area contributed by atoms with Crippen LogP contribution >= 0.6 is 0 Å². The summed E-state index contributed by atoms with van der Waals surface area (Å²) in [6.45, 7) is 2.12. The van der Waals surface area contributed by atoms with Gasteiger partial charge in [0.25, 0.3) is 0 Å². The summed E-state index contributed by atoms with van der Waals surface area (Å²) in [5, 5.41) is 3.99. The first-order valence-electron chi connectivity index (χ1n) is 5.46. The van der Waals surface area contributed by atoms with Gasteiger partial charge in [-0.25, -0.2) is 9.97 Å². The maximum absolute atomic E-state index is 5.94. The summed E-state index contributed by atoms with van der Waals surface area (Å²) in [7, 11) is 3.80. The largest absolute Gasteiger partial charge is 0.397 e. The second-order valence-corrected chi connectivity index (χ2v) is 3.88. The molecule has 5 heteroatoms. The minimum absolute atomic E-state index is 0.713. The first-order chi connectivity index (χ1) is 7.67. The van der Waals surface area contributed by atoms with Crippen molar-refractivity contribution in [3.05, 3.63) is 12.0 Å². The highest BCUT2D eigenvalue weighted by Crippen LogP contribution is 2.27. The van der Waals surface area contributed by atoms with E-state index in [1.807, 2.05) is 24.9 Å². The molecular formula is C11H17N5. The van der Waals surface area contributed by atoms with E-state index in [9.17, 15) is 0 Å². The van der Waals surface area contributed by atoms with Crippen molar-refractivity contribution < 1.29 is 0 Å². The SMILES string of the molecule is CCCc1nc(NC)c2c(N)cn(C)c2n1. The molecule has 0 saturated heterocycles. The van der Waals surface area contributed by atoms with E-state index in [-0.39, 0.29) is 0 Å². The average molecular weight is 219 g/mol. The number of nitrogens with zero attached hydrogens (tertiary/aromatic N) is 3. The number of aromatic nitrogens is 3. The highest BCUT2D eigenvalue weighted by Gasteiger charge is 2.12. The lowest BCUT2D eigenvalue weighted by atomic mass is 10.3. The maximum Gasteiger partial charge on any atom is 0.147 e. The number of fused-ring (bicyclic) bond motifs is 1. The molecule has 0 saturated carbocycles. The van der Waals surface area contributed by atoms with Gasteiger partial charge in [-0.2, -0.15) is 0 Å². The van der Waals surface area contributed by atoms with Crippen LogP contribution in [0.25, 0.3) is 11.0 Å². The van der Waals surface area contributed by atoms with Gasteiger partial charge in [0, 0.05) is 26.7 Å². The molecule has 0 radical (unpaired) electrons. The second kappa shape index (κ2) is 4.00. The summed E-state index contributed by atoms with van der Waals surface area (Å²) in [5.41, 5.74) is 7.54. The monoisotopic (exact) mass is 219 g/mol. The average Bonchev–Trinajstić information content (AvgIpc) is 2.54. The molecular weight excluding hydrogens is 202 g/mol. The number of hydrogen-bond acceptors (Lipinski definition) is 4. The Morgan fingerprint density at radius 2 is 2.19 bits per heavy atom. The topological polar surface area (TPSA) is 68.8 Å². The van der Waals surface area contributed by atoms with Crippen LogP contribution in [0.3, 0.4) is 0 Å². The van der Waals surface area contributed by atoms with Crippen molar-refractivity contribution in [3.63, 3.8) is 0 Å². The molecule has 0 aliphatic heterocycles. The van der Waals surface area contributed by atoms with E-state index < -0.39 is 0 Å². The number of hydrogen-bond donors (Lipinski definition) is 2. The van der Waals surface area contributed by atoms with Crippen LogP contribution in [-0.4, -0.2) is 21.6 Å². The highest BCUT2D eigenvalue weighted by atomic mass is 15.1. The van der Waals surface area contributed by atoms with E-state index in [1.54, 1.807) is 0 Å². The quantitative estimate of drug-likeness (QED) is 0.821. The maximum atomic E-state index is 5.94. The van der Waals surface area contributed by atoms with Gasteiger partial charge in [-0.05, 0) is 6.42 Å². The van der Waals surface area contributed by atoms with Gasteiger partial charge in [-0.3, -0.25) is 0 Å². The van der Waals surface area contributed by atoms with Crippen LogP contribution in [0.1, 0.15) is 19.2 Å². The number of anilines is 2. The zero-order chi connectivity index (χ0) is 11.7. The summed E-state index contributed by atoms with van der Waals surface area (Å²) in [5.74, 6) is 1.67. The van der Waals surface area contributed by atoms with Crippen molar-refractivity contribution in [1.29, 1.82) is 0 Å². The summed E-state index contributed by atoms with van der Waals surface area (Å²) >= 11 is 0. The Hall–Kier alpha value is -1.78. The van der Waals surface area contributed by atoms with Gasteiger partial charge < -0.3 is 15.6 Å². The van der Waals surface area contributed by atoms with E-state index >= 15 is 0 Å². The van der Waals surface area contributed by atoms with Crippen LogP contribution < -0.4 is 11.1 Å². The third kappa shape index (κ3) is 1.58. The fraction of sp³-hybridized carbons (Fsp3) is 0.455. The van der Waals surface area contributed by atoms with Gasteiger partial charge in [0.1, 0.15) is 17.3 Å². The van der Waals surface area contributed by atoms with Gasteiger partial charge in [-0.15, -0.1) is 0 Å². The van der Waals surface area contributed by atoms with Gasteiger partial charge >= 0.3 is 0 Å². The van der Waals surface area contributed by atoms with E-state index in [4.69, 9.17) is 5.73 Å². The molecule has 0 aromatic carbocycles. The Morgan fingerprint density at radius 3 is 2.81 bits per heavy atom. The zero-order valence-electron chi connectivity index (χ0n) is 9.91. The predicted octanol–water partition coefficient (Wildman–Crippen LogP) is 1.54. The van der Waals surface area contributed by atoms with Crippen LogP contribution in [-0.2, 0) is 13.5 Å². The Labute approximate surface area is 94.7 Å². The van der Waals surface area contributed by atoms with Crippen LogP contribution in [0.2, 0.25) is 0 Å². The Balaban J connectivity index is 2.70. The molecule has 0 spiro atoms. The molecule has 2 rings (SSSR count). The molecule has 16 heavy (non-hydrogen) atoms. The number of nitrogen functional groups attached to an aromatic ring is 1. The molecule has 0 atom stereocenters. The summed E-state index contributed by atoms with van der Waals surface area (Å²) in [6, 6.07) is 0. The first-order valence-corrected chi connectivity index (χ1v) is 5.46. The minimum atomic E-state index is 0.713. The molecule has 0 fully saturated rings. The zero-order valence-corrected chi connectivity index (χ0v) is 9.91. The molecule has 2 aromatic rings. The minimum Gasteiger partial charge on any atom is -0.397 e. The number of rotatable bonds is 3. The van der Waals surface area contributed by atoms with Crippen molar-refractivity contribution in [2.45, 2.75) is 19.8 Å². The lowest BCUT2D eigenvalue weighted by Gasteiger charge is -2.06. The second-order valence-electron chi connectivity index (χ2n) is 3.88. The Morgan fingerprint density at radius 1 is 1.44 bits per heavy atom. The highest BCUT2D eigenvalue weighted by molar-refractivity contribution is 5.98. The Bertz CT molecular complexity index is 515. The third-order valence-corrected chi connectivity index (χ3v) is 2.60. The smallest absolute Gasteiger partial charge is 0.147 e. The van der Waals surface area contributed by atoms with E-state index in [1.165, 1.54) is 0 Å². The van der Waals surface area contributed by atoms with Crippen LogP contribution in [0, 0.1) is 0 Å². The summed E-state index contributed by atoms with van der Waals surface area (Å²) in [4.78, 5) is 8.99. The van der Waals surface area contributed by atoms with Crippen LogP contribution in [0.5, 0.6) is 0 Å². The van der Waals surface area contributed by atoms with Crippen molar-refractivity contribution in [2.75, 3.05) is 18.1 Å². The summed E-state index contributed by atoms with van der Waals surface area (Å²) < 4.78 is 1.94. The molecule has 0 aliphatic rings. The lowest BCUT2D eigenvalue weighted by molar-refractivity contribution is 0.833. The number of nitrogens with two attached hydrogens (primary N) is 1. The molecule has 2 heterocycles. The Kier molecular flexibility index (Phi) is 2.68. The molecule has 0 bridgehead atoms.